The highest BCUT2D eigenvalue weighted by Gasteiger charge is 2.41. The maximum Gasteiger partial charge on any atom is 0.119 e. The Bertz CT molecular complexity index is 3030. The van der Waals surface area contributed by atoms with Crippen LogP contribution >= 0.6 is 0 Å². The highest BCUT2D eigenvalue weighted by molar-refractivity contribution is 6.23. The van der Waals surface area contributed by atoms with E-state index in [0.29, 0.717) is 13.2 Å². The van der Waals surface area contributed by atoms with Crippen LogP contribution in [-0.2, 0) is 5.41 Å². The number of ether oxygens (including phenoxy) is 2. The van der Waals surface area contributed by atoms with Gasteiger partial charge in [0.2, 0.25) is 0 Å². The van der Waals surface area contributed by atoms with Crippen LogP contribution < -0.4 is 9.47 Å². The van der Waals surface area contributed by atoms with Gasteiger partial charge in [-0.25, -0.2) is 0 Å². The van der Waals surface area contributed by atoms with E-state index in [4.69, 9.17) is 9.47 Å². The van der Waals surface area contributed by atoms with Crippen molar-refractivity contribution >= 4 is 43.1 Å². The van der Waals surface area contributed by atoms with Crippen LogP contribution in [0.4, 0.5) is 0 Å². The summed E-state index contributed by atoms with van der Waals surface area (Å²) in [5.41, 5.74) is 15.5. The molecule has 10 aromatic rings. The van der Waals surface area contributed by atoms with Crippen molar-refractivity contribution in [1.82, 2.24) is 0 Å². The van der Waals surface area contributed by atoms with Gasteiger partial charge in [0.15, 0.2) is 0 Å². The Balaban J connectivity index is 1.08. The van der Waals surface area contributed by atoms with Gasteiger partial charge >= 0.3 is 0 Å². The third-order valence-electron chi connectivity index (χ3n) is 13.9. The van der Waals surface area contributed by atoms with E-state index in [0.717, 1.165) is 24.3 Å². The molecule has 0 spiro atoms. The molecule has 306 valence electrons. The first-order valence-corrected chi connectivity index (χ1v) is 22.7. The van der Waals surface area contributed by atoms with Gasteiger partial charge < -0.3 is 9.47 Å². The third kappa shape index (κ3) is 6.07. The predicted molar refractivity (Wildman–Crippen MR) is 267 cm³/mol. The number of benzene rings is 10. The first-order valence-electron chi connectivity index (χ1n) is 22.7. The van der Waals surface area contributed by atoms with Crippen molar-refractivity contribution in [2.24, 2.45) is 0 Å². The fourth-order valence-electron chi connectivity index (χ4n) is 11.1. The van der Waals surface area contributed by atoms with Crippen LogP contribution in [0.25, 0.3) is 98.7 Å². The highest BCUT2D eigenvalue weighted by Crippen LogP contribution is 2.56. The van der Waals surface area contributed by atoms with Gasteiger partial charge in [0.25, 0.3) is 0 Å². The molecular weight excluding hydrogens is 765 g/mol. The zero-order chi connectivity index (χ0) is 42.7. The van der Waals surface area contributed by atoms with Gasteiger partial charge in [0, 0.05) is 5.41 Å². The summed E-state index contributed by atoms with van der Waals surface area (Å²) < 4.78 is 11.7. The van der Waals surface area contributed by atoms with Crippen LogP contribution in [0, 0.1) is 0 Å². The van der Waals surface area contributed by atoms with Crippen LogP contribution in [-0.4, -0.2) is 13.2 Å². The molecule has 11 rings (SSSR count). The maximum absolute atomic E-state index is 5.83. The lowest BCUT2D eigenvalue weighted by atomic mass is 9.72. The molecular formula is C61H50O2. The Labute approximate surface area is 370 Å². The second-order valence-electron chi connectivity index (χ2n) is 16.9. The van der Waals surface area contributed by atoms with Gasteiger partial charge in [-0.05, 0) is 173 Å². The van der Waals surface area contributed by atoms with Crippen LogP contribution in [0.3, 0.4) is 0 Å². The number of fused-ring (bicyclic) bond motifs is 7. The quantitative estimate of drug-likeness (QED) is 0.128. The molecule has 0 radical (unpaired) electrons. The number of rotatable bonds is 10. The highest BCUT2D eigenvalue weighted by atomic mass is 16.5. The summed E-state index contributed by atoms with van der Waals surface area (Å²) in [7, 11) is 0. The minimum absolute atomic E-state index is 0.140. The molecule has 0 N–H and O–H groups in total. The second-order valence-corrected chi connectivity index (χ2v) is 16.9. The van der Waals surface area contributed by atoms with Gasteiger partial charge in [0.1, 0.15) is 11.5 Å². The molecule has 0 fully saturated rings. The number of hydrogen-bond donors (Lipinski definition) is 0. The predicted octanol–water partition coefficient (Wildman–Crippen LogP) is 16.9. The maximum atomic E-state index is 5.83. The first kappa shape index (κ1) is 38.7. The average Bonchev–Trinajstić information content (AvgIpc) is 3.61. The Morgan fingerprint density at radius 3 is 0.857 bits per heavy atom. The number of hydrogen-bond acceptors (Lipinski definition) is 2. The molecule has 2 heteroatoms. The summed E-state index contributed by atoms with van der Waals surface area (Å²) in [6.45, 7) is 10.1. The van der Waals surface area contributed by atoms with Gasteiger partial charge in [0.05, 0.1) is 13.2 Å². The largest absolute Gasteiger partial charge is 0.494 e. The smallest absolute Gasteiger partial charge is 0.119 e. The van der Waals surface area contributed by atoms with Gasteiger partial charge in [-0.2, -0.15) is 0 Å². The Hall–Kier alpha value is -7.16. The fraction of sp³-hybridized carbons (Fsp3) is 0.148. The Morgan fingerprint density at radius 2 is 0.587 bits per heavy atom. The van der Waals surface area contributed by atoms with Crippen molar-refractivity contribution in [2.75, 3.05) is 13.2 Å². The van der Waals surface area contributed by atoms with Crippen molar-refractivity contribution in [3.05, 3.63) is 193 Å². The van der Waals surface area contributed by atoms with E-state index >= 15 is 0 Å². The average molecular weight is 815 g/mol. The Kier molecular flexibility index (Phi) is 9.61. The van der Waals surface area contributed by atoms with Crippen molar-refractivity contribution in [3.63, 3.8) is 0 Å². The van der Waals surface area contributed by atoms with E-state index in [9.17, 15) is 0 Å². The van der Waals surface area contributed by atoms with Crippen LogP contribution in [0.5, 0.6) is 11.5 Å². The minimum Gasteiger partial charge on any atom is -0.494 e. The van der Waals surface area contributed by atoms with Crippen LogP contribution in [0.2, 0.25) is 0 Å². The first-order chi connectivity index (χ1) is 31.1. The molecule has 10 aromatic carbocycles. The molecule has 2 nitrogen and oxygen atoms in total. The molecule has 0 bridgehead atoms. The van der Waals surface area contributed by atoms with Gasteiger partial charge in [-0.1, -0.05) is 159 Å². The van der Waals surface area contributed by atoms with Gasteiger partial charge in [-0.15, -0.1) is 0 Å². The summed E-state index contributed by atoms with van der Waals surface area (Å²) in [6.07, 6.45) is 2.01. The van der Waals surface area contributed by atoms with E-state index in [1.54, 1.807) is 0 Å². The molecule has 0 aliphatic heterocycles. The summed E-state index contributed by atoms with van der Waals surface area (Å²) in [4.78, 5) is 0. The molecule has 0 saturated carbocycles. The van der Waals surface area contributed by atoms with E-state index in [-0.39, 0.29) is 5.41 Å². The SMILES string of the molecule is CCOc1ccc(-c2c3ccccc3c(-c3ccc4c(c3)C(CC)(CC)c3cc(-c5c6ccccc6c(-c6ccc(OCC)cc6)c6ccccc56)ccc3-4)c3ccccc23)cc1. The third-order valence-corrected chi connectivity index (χ3v) is 13.9. The molecule has 0 aromatic heterocycles. The summed E-state index contributed by atoms with van der Waals surface area (Å²) in [5, 5.41) is 10.1. The van der Waals surface area contributed by atoms with E-state index in [1.807, 2.05) is 13.8 Å². The molecule has 0 heterocycles. The van der Waals surface area contributed by atoms with Gasteiger partial charge in [-0.3, -0.25) is 0 Å². The van der Waals surface area contributed by atoms with Crippen molar-refractivity contribution in [2.45, 2.75) is 46.0 Å². The van der Waals surface area contributed by atoms with Crippen molar-refractivity contribution < 1.29 is 9.47 Å². The second kappa shape index (κ2) is 15.6. The lowest BCUT2D eigenvalue weighted by Gasteiger charge is -2.30. The molecule has 0 unspecified atom stereocenters. The van der Waals surface area contributed by atoms with E-state index < -0.39 is 0 Å². The van der Waals surface area contributed by atoms with E-state index in [1.165, 1.54) is 110 Å². The Morgan fingerprint density at radius 1 is 0.317 bits per heavy atom. The normalized spacial score (nSPS) is 12.8. The van der Waals surface area contributed by atoms with Crippen LogP contribution in [0.15, 0.2) is 182 Å². The monoisotopic (exact) mass is 814 g/mol. The molecule has 0 amide bonds. The van der Waals surface area contributed by atoms with E-state index in [2.05, 4.69) is 196 Å². The lowest BCUT2D eigenvalue weighted by Crippen LogP contribution is -2.23. The van der Waals surface area contributed by atoms with Crippen molar-refractivity contribution in [1.29, 1.82) is 0 Å². The summed E-state index contributed by atoms with van der Waals surface area (Å²) in [6, 6.07) is 67.8. The zero-order valence-corrected chi connectivity index (χ0v) is 36.5. The molecule has 1 aliphatic rings. The summed E-state index contributed by atoms with van der Waals surface area (Å²) in [5.74, 6) is 1.79. The molecule has 1 aliphatic carbocycles. The standard InChI is InChI=1S/C61H50O2/c1-5-61(6-2)55-37-41(59-51-21-13-9-17-47(51)57(48-18-10-14-22-52(48)59)39-25-31-43(32-26-39)62-7-3)29-35-45(55)46-36-30-42(38-56(46)61)60-53-23-15-11-19-49(53)58(50-20-12-16-24-54(50)60)40-27-33-44(34-28-40)63-8-4/h9-38H,5-8H2,1-4H3. The molecule has 0 saturated heterocycles. The van der Waals surface area contributed by atoms with Crippen molar-refractivity contribution in [3.8, 4) is 67.1 Å². The minimum atomic E-state index is -0.140. The topological polar surface area (TPSA) is 18.5 Å². The molecule has 63 heavy (non-hydrogen) atoms. The molecule has 0 atom stereocenters. The fourth-order valence-corrected chi connectivity index (χ4v) is 11.1. The zero-order valence-electron chi connectivity index (χ0n) is 36.5. The lowest BCUT2D eigenvalue weighted by molar-refractivity contribution is 0.340. The summed E-state index contributed by atoms with van der Waals surface area (Å²) >= 11 is 0. The van der Waals surface area contributed by atoms with Crippen LogP contribution in [0.1, 0.15) is 51.7 Å².